The number of benzene rings is 18. The molecule has 18 aromatic carbocycles. The highest BCUT2D eigenvalue weighted by atomic mass is 32.1. The Kier molecular flexibility index (Phi) is 16.5. The first-order valence-corrected chi connectivity index (χ1v) is 46.8. The van der Waals surface area contributed by atoms with E-state index >= 15 is 0 Å². The second-order valence-electron chi connectivity index (χ2n) is 32.6. The Morgan fingerprint density at radius 3 is 1.01 bits per heavy atom. The van der Waals surface area contributed by atoms with Crippen LogP contribution >= 0.6 is 56.7 Å². The van der Waals surface area contributed by atoms with Crippen molar-refractivity contribution in [3.63, 3.8) is 0 Å². The van der Waals surface area contributed by atoms with Gasteiger partial charge in [-0.05, 0) is 119 Å². The first kappa shape index (κ1) is 72.9. The van der Waals surface area contributed by atoms with Crippen LogP contribution in [0.1, 0.15) is 0 Å². The SMILES string of the molecule is c1ccc(-c2nc(-c3ccccc3)nc(-c3ccc4oc5ccc(-n6c7ccccc7c7cc(-c8cccc9c8sc8c9ccc9c%10ccccc%10sc98)ccc76)cc5c4c3)n2)cc1.c1ccc(-c2nc(-c3ccccc3)nc(-c3cccc4c3sc3c(-n5c6ccccc6c6cc(-c7cccc8c7sc7c8ccc8c9ccccc9sc87)ccc65)cccc34)n2)cc1. The van der Waals surface area contributed by atoms with E-state index in [4.69, 9.17) is 34.3 Å². The number of aromatic nitrogens is 8. The minimum Gasteiger partial charge on any atom is -0.456 e. The van der Waals surface area contributed by atoms with Gasteiger partial charge < -0.3 is 13.6 Å². The summed E-state index contributed by atoms with van der Waals surface area (Å²) in [6.45, 7) is 0. The van der Waals surface area contributed by atoms with Crippen molar-refractivity contribution in [1.82, 2.24) is 39.0 Å². The van der Waals surface area contributed by atoms with Gasteiger partial charge in [0.1, 0.15) is 11.2 Å². The van der Waals surface area contributed by atoms with E-state index in [1.54, 1.807) is 0 Å². The molecule has 10 heterocycles. The van der Waals surface area contributed by atoms with Gasteiger partial charge in [0.25, 0.3) is 0 Å². The standard InChI is InChI=1S/C57H32N4OS2.C57H32N4S3/c1-3-12-33(13-4-1)55-58-56(34-14-5-2-6-15-34)60-57(59-55)36-23-28-49-45(31-36)46-32-37(24-29-50(46)62-49)61-47-20-9-7-16-39(47)44-30-35(22-27-48(44)61)38-18-11-19-41-43-26-25-42-40-17-8-10-21-51(40)63-53(42)54(43)64-52(38)41;1-3-14-33(15-4-1)55-58-56(34-16-5-2-6-17-34)60-57(59-55)44-24-12-22-39-41-23-13-26-48(52(41)63-51(39)44)61-46-25-9-7-18-37(46)45-32-35(28-31-47(45)61)36-20-11-21-40-43-30-29-42-38-19-8-10-27-49(38)62-53(42)54(43)64-50(36)40/h2*1-32H. The van der Waals surface area contributed by atoms with Gasteiger partial charge in [-0.25, -0.2) is 29.9 Å². The molecule has 0 saturated heterocycles. The second-order valence-corrected chi connectivity index (χ2v) is 37.7. The molecule has 0 unspecified atom stereocenters. The average Bonchev–Trinajstić information content (AvgIpc) is 1.59. The summed E-state index contributed by atoms with van der Waals surface area (Å²) in [6, 6.07) is 139. The lowest BCUT2D eigenvalue weighted by Crippen LogP contribution is -2.00. The van der Waals surface area contributed by atoms with Crippen molar-refractivity contribution in [2.75, 3.05) is 0 Å². The van der Waals surface area contributed by atoms with Gasteiger partial charge in [-0.3, -0.25) is 0 Å². The fourth-order valence-electron chi connectivity index (χ4n) is 19.4. The van der Waals surface area contributed by atoms with Crippen LogP contribution in [0.25, 0.3) is 268 Å². The van der Waals surface area contributed by atoms with Gasteiger partial charge in [0.2, 0.25) is 0 Å². The number of rotatable bonds is 10. The lowest BCUT2D eigenvalue weighted by molar-refractivity contribution is 0.669. The zero-order chi connectivity index (χ0) is 83.8. The molecule has 0 bridgehead atoms. The van der Waals surface area contributed by atoms with Crippen LogP contribution in [0.15, 0.2) is 393 Å². The lowest BCUT2D eigenvalue weighted by atomic mass is 10.0. The molecule has 9 nitrogen and oxygen atoms in total. The maximum atomic E-state index is 6.48. The Labute approximate surface area is 750 Å². The third-order valence-electron chi connectivity index (χ3n) is 25.3. The maximum Gasteiger partial charge on any atom is 0.165 e. The van der Waals surface area contributed by atoms with Crippen molar-refractivity contribution in [2.24, 2.45) is 0 Å². The fraction of sp³-hybridized carbons (Fsp3) is 0. The highest BCUT2D eigenvalue weighted by Gasteiger charge is 2.26. The molecule has 0 fully saturated rings. The molecular weight excluding hydrogens is 1660 g/mol. The van der Waals surface area contributed by atoms with Gasteiger partial charge in [0.15, 0.2) is 34.9 Å². The summed E-state index contributed by atoms with van der Waals surface area (Å²) in [7, 11) is 0. The van der Waals surface area contributed by atoms with Crippen LogP contribution in [0, 0.1) is 0 Å². The molecular formula is C114H64N8OS5. The molecule has 28 rings (SSSR count). The average molecular weight is 1720 g/mol. The van der Waals surface area contributed by atoms with Crippen LogP contribution < -0.4 is 0 Å². The van der Waals surface area contributed by atoms with Gasteiger partial charge in [-0.15, -0.1) is 56.7 Å². The van der Waals surface area contributed by atoms with Gasteiger partial charge in [0.05, 0.1) is 51.3 Å². The molecule has 0 amide bonds. The van der Waals surface area contributed by atoms with Crippen molar-refractivity contribution < 1.29 is 4.42 Å². The Balaban J connectivity index is 0.000000132. The van der Waals surface area contributed by atoms with Crippen LogP contribution in [0.2, 0.25) is 0 Å². The Hall–Kier alpha value is -15.5. The predicted molar refractivity (Wildman–Crippen MR) is 544 cm³/mol. The molecule has 0 N–H and O–H groups in total. The van der Waals surface area contributed by atoms with Crippen LogP contribution in [0.3, 0.4) is 0 Å². The zero-order valence-corrected chi connectivity index (χ0v) is 72.1. The van der Waals surface area contributed by atoms with E-state index in [2.05, 4.69) is 288 Å². The Bertz CT molecular complexity index is 9370. The molecule has 0 saturated carbocycles. The van der Waals surface area contributed by atoms with Crippen LogP contribution in [0.4, 0.5) is 0 Å². The smallest absolute Gasteiger partial charge is 0.165 e. The van der Waals surface area contributed by atoms with Crippen molar-refractivity contribution >= 4 is 223 Å². The first-order chi connectivity index (χ1) is 63.4. The van der Waals surface area contributed by atoms with Gasteiger partial charge >= 0.3 is 0 Å². The minimum absolute atomic E-state index is 0.609. The van der Waals surface area contributed by atoms with E-state index in [0.717, 1.165) is 82.4 Å². The molecule has 0 aliphatic rings. The summed E-state index contributed by atoms with van der Waals surface area (Å²) in [6.07, 6.45) is 0. The number of hydrogen-bond acceptors (Lipinski definition) is 12. The fourth-order valence-corrected chi connectivity index (χ4v) is 26.1. The third kappa shape index (κ3) is 11.6. The highest BCUT2D eigenvalue weighted by Crippen LogP contribution is 2.52. The summed E-state index contributed by atoms with van der Waals surface area (Å²) in [5, 5.41) is 20.0. The normalized spacial score (nSPS) is 12.1. The van der Waals surface area contributed by atoms with Gasteiger partial charge in [0, 0.05) is 149 Å². The van der Waals surface area contributed by atoms with Crippen molar-refractivity contribution in [3.8, 4) is 102 Å². The van der Waals surface area contributed by atoms with Crippen LogP contribution in [0.5, 0.6) is 0 Å². The molecule has 596 valence electrons. The number of thiophene rings is 5. The molecule has 0 atom stereocenters. The lowest BCUT2D eigenvalue weighted by Gasteiger charge is -2.10. The summed E-state index contributed by atoms with van der Waals surface area (Å²) in [5.41, 5.74) is 19.2. The van der Waals surface area contributed by atoms with Crippen LogP contribution in [-0.2, 0) is 0 Å². The monoisotopic (exact) mass is 1720 g/mol. The number of furan rings is 1. The van der Waals surface area contributed by atoms with Crippen LogP contribution in [-0.4, -0.2) is 39.0 Å². The molecule has 0 radical (unpaired) electrons. The Morgan fingerprint density at radius 1 is 0.180 bits per heavy atom. The largest absolute Gasteiger partial charge is 0.456 e. The maximum absolute atomic E-state index is 6.48. The first-order valence-electron chi connectivity index (χ1n) is 42.7. The zero-order valence-electron chi connectivity index (χ0n) is 68.0. The molecule has 0 aliphatic carbocycles. The molecule has 14 heteroatoms. The molecule has 28 aromatic rings. The molecule has 0 spiro atoms. The van der Waals surface area contributed by atoms with E-state index in [1.807, 2.05) is 166 Å². The quantitative estimate of drug-likeness (QED) is 0.134. The molecule has 128 heavy (non-hydrogen) atoms. The Morgan fingerprint density at radius 2 is 0.508 bits per heavy atom. The van der Waals surface area contributed by atoms with Gasteiger partial charge in [-0.2, -0.15) is 0 Å². The van der Waals surface area contributed by atoms with Crippen molar-refractivity contribution in [3.05, 3.63) is 388 Å². The summed E-state index contributed by atoms with van der Waals surface area (Å²) < 4.78 is 24.6. The number of hydrogen-bond donors (Lipinski definition) is 0. The van der Waals surface area contributed by atoms with E-state index in [9.17, 15) is 0 Å². The topological polar surface area (TPSA) is 100 Å². The summed E-state index contributed by atoms with van der Waals surface area (Å²) in [4.78, 5) is 30.2. The van der Waals surface area contributed by atoms with E-state index in [-0.39, 0.29) is 0 Å². The molecule has 0 aliphatic heterocycles. The number of nitrogens with zero attached hydrogens (tertiary/aromatic N) is 8. The minimum atomic E-state index is 0.609. The van der Waals surface area contributed by atoms with Gasteiger partial charge in [-0.1, -0.05) is 291 Å². The third-order valence-corrected chi connectivity index (χ3v) is 31.8. The predicted octanol–water partition coefficient (Wildman–Crippen LogP) is 33.0. The van der Waals surface area contributed by atoms with E-state index in [1.165, 1.54) is 151 Å². The summed E-state index contributed by atoms with van der Waals surface area (Å²) in [5.74, 6) is 3.85. The van der Waals surface area contributed by atoms with Crippen molar-refractivity contribution in [2.45, 2.75) is 0 Å². The highest BCUT2D eigenvalue weighted by molar-refractivity contribution is 7.34. The summed E-state index contributed by atoms with van der Waals surface area (Å²) >= 11 is 9.49. The second kappa shape index (κ2) is 29.0. The van der Waals surface area contributed by atoms with E-state index in [0.29, 0.717) is 34.9 Å². The van der Waals surface area contributed by atoms with Crippen molar-refractivity contribution in [1.29, 1.82) is 0 Å². The van der Waals surface area contributed by atoms with E-state index < -0.39 is 0 Å². The number of fused-ring (bicyclic) bond motifs is 26. The molecule has 10 aromatic heterocycles. The number of para-hydroxylation sites is 2.